The van der Waals surface area contributed by atoms with Crippen LogP contribution >= 0.6 is 234 Å². The Bertz CT molecular complexity index is 780. The summed E-state index contributed by atoms with van der Waals surface area (Å²) in [5.74, 6) is 5.38. The average molecular weight is 2230 g/mol. The summed E-state index contributed by atoms with van der Waals surface area (Å²) in [6, 6.07) is 0. The molecular formula is C44H100I8O12S6V4. The van der Waals surface area contributed by atoms with Gasteiger partial charge in [0, 0.05) is 29.1 Å². The zero-order valence-corrected chi connectivity index (χ0v) is 69.3. The summed E-state index contributed by atoms with van der Waals surface area (Å²) in [6.45, 7) is 33.6. The Morgan fingerprint density at radius 1 is 0.514 bits per heavy atom. The van der Waals surface area contributed by atoms with E-state index in [4.69, 9.17) is 57.6 Å². The van der Waals surface area contributed by atoms with E-state index in [0.717, 1.165) is 67.4 Å². The van der Waals surface area contributed by atoms with Crippen molar-refractivity contribution in [2.24, 2.45) is 0 Å². The summed E-state index contributed by atoms with van der Waals surface area (Å²) < 4.78 is 50.4. The molecule has 0 spiro atoms. The zero-order chi connectivity index (χ0) is 55.3. The minimum absolute atomic E-state index is 0. The van der Waals surface area contributed by atoms with Crippen LogP contribution in [0.4, 0.5) is 0 Å². The molecule has 0 aromatic carbocycles. The van der Waals surface area contributed by atoms with E-state index in [0.29, 0.717) is 83.1 Å². The van der Waals surface area contributed by atoms with Gasteiger partial charge in [0.05, 0.1) is 64.7 Å². The number of aliphatic hydroxyl groups excluding tert-OH is 1. The Balaban J connectivity index is -0.0000000412. The monoisotopic (exact) mass is 2230 g/mol. The third-order valence-electron chi connectivity index (χ3n) is 4.42. The number of aliphatic hydroxyl groups is 2. The van der Waals surface area contributed by atoms with E-state index < -0.39 is 6.79 Å². The van der Waals surface area contributed by atoms with Crippen LogP contribution in [0.25, 0.3) is 0 Å². The summed E-state index contributed by atoms with van der Waals surface area (Å²) >= 11 is 39.4. The second kappa shape index (κ2) is 140. The van der Waals surface area contributed by atoms with Crippen LogP contribution in [0, 0.1) is 0 Å². The number of halogens is 8. The molecule has 2 unspecified atom stereocenters. The van der Waals surface area contributed by atoms with Gasteiger partial charge >= 0.3 is 179 Å². The molecule has 0 fully saturated rings. The van der Waals surface area contributed by atoms with Crippen LogP contribution in [0.3, 0.4) is 0 Å². The number of hydrogen-bond acceptors (Lipinski definition) is 18. The van der Waals surface area contributed by atoms with Crippen molar-refractivity contribution in [3.05, 3.63) is 63.3 Å². The van der Waals surface area contributed by atoms with E-state index in [1.807, 2.05) is 19.9 Å². The van der Waals surface area contributed by atoms with Crippen LogP contribution < -0.4 is 0 Å². The number of hydrogen-bond donors (Lipinski definition) is 6. The van der Waals surface area contributed by atoms with Gasteiger partial charge in [0.15, 0.2) is 0 Å². The van der Waals surface area contributed by atoms with Gasteiger partial charge in [-0.3, -0.25) is 0 Å². The fraction of sp³-hybridized carbons (Fsp3) is 0.773. The number of ether oxygens (including phenoxy) is 10. The summed E-state index contributed by atoms with van der Waals surface area (Å²) in [5, 5.41) is 14.8. The molecule has 0 aliphatic rings. The molecule has 0 heterocycles. The van der Waals surface area contributed by atoms with Crippen molar-refractivity contribution >= 4 is 234 Å². The Kier molecular flexibility index (Phi) is 227. The first-order valence-corrected chi connectivity index (χ1v) is 60.9. The Hall–Kier alpha value is 8.50. The van der Waals surface area contributed by atoms with Gasteiger partial charge in [-0.15, -0.1) is 56.4 Å². The van der Waals surface area contributed by atoms with Crippen molar-refractivity contribution in [2.75, 3.05) is 129 Å². The second-order valence-corrected chi connectivity index (χ2v) is 98.2. The topological polar surface area (TPSA) is 133 Å². The summed E-state index contributed by atoms with van der Waals surface area (Å²) in [6.07, 6.45) is 11.6. The third kappa shape index (κ3) is 246. The van der Waals surface area contributed by atoms with Gasteiger partial charge in [0.1, 0.15) is 40.8 Å². The van der Waals surface area contributed by atoms with Crippen molar-refractivity contribution < 1.29 is 95.4 Å². The summed E-state index contributed by atoms with van der Waals surface area (Å²) in [7, 11) is 0.628. The molecule has 0 saturated heterocycles. The van der Waals surface area contributed by atoms with Gasteiger partial charge < -0.3 is 57.6 Å². The number of allylic oxidation sites excluding steroid dienone is 1. The van der Waals surface area contributed by atoms with E-state index in [1.54, 1.807) is 47.8 Å². The molecular weight excluding hydrogens is 2130 g/mol. The molecule has 0 aromatic heterocycles. The number of thiol groups is 4. The molecule has 0 saturated carbocycles. The molecule has 1 radical (unpaired) electrons. The van der Waals surface area contributed by atoms with Crippen LogP contribution in [0.2, 0.25) is 0 Å². The van der Waals surface area contributed by atoms with E-state index in [1.165, 1.54) is 0 Å². The fourth-order valence-corrected chi connectivity index (χ4v) is 3.24. The molecule has 12 nitrogen and oxygen atoms in total. The van der Waals surface area contributed by atoms with E-state index >= 15 is 0 Å². The molecule has 460 valence electrons. The number of thioether (sulfide) groups is 2. The maximum Gasteiger partial charge on any atom is 0 e. The third-order valence-corrected chi connectivity index (χ3v) is 6.83. The smallest absolute Gasteiger partial charge is 0 e. The molecule has 74 heavy (non-hydrogen) atoms. The molecule has 2 N–H and O–H groups in total. The van der Waals surface area contributed by atoms with Gasteiger partial charge in [0.25, 0.3) is 0 Å². The van der Waals surface area contributed by atoms with E-state index in [-0.39, 0.29) is 68.6 Å². The maximum atomic E-state index is 7.12. The molecule has 2 atom stereocenters. The van der Waals surface area contributed by atoms with Crippen LogP contribution in [0.5, 0.6) is 0 Å². The first-order chi connectivity index (χ1) is 33.0. The molecule has 0 amide bonds. The fourth-order valence-electron chi connectivity index (χ4n) is 2.06. The summed E-state index contributed by atoms with van der Waals surface area (Å²) in [4.78, 5) is -0.555. The van der Waals surface area contributed by atoms with Gasteiger partial charge in [-0.2, -0.15) is 50.5 Å². The standard InChI is InChI=1S/3C7H16O2S2.2C7H12O2.C4H8.CH4O2.4CH4.8HI.4V/c1-7(11)5-9-6-8-3-2-4-10;1-3-11-6-9-5-8-4-7(2)10;1-2-11-7-9-6-8-4-3-5-10;2*1-3-5-8-7-9-6-4-2;1-3-4-2;2-1-3;;;;;;;;;;;;;;;;/h7,10-11H,2-6H2,1H3;7,10H,3-6H2,1-2H3;10H,2-7H2,1H3;2*3-4H,1-2,5-7H2;3H,1,4H2,2H3;2-3H,1H2;4*1H4;8*1H;;;;/q;;;;;;;;;;;;;;;;;;;;+2;2*+3/p-8. The van der Waals surface area contributed by atoms with Crippen LogP contribution in [0.1, 0.15) is 83.6 Å². The first-order valence-electron chi connectivity index (χ1n) is 20.2. The normalized spacial score (nSPS) is 9.42. The van der Waals surface area contributed by atoms with Crippen molar-refractivity contribution in [3.63, 3.8) is 0 Å². The van der Waals surface area contributed by atoms with Crippen molar-refractivity contribution in [1.82, 2.24) is 0 Å². The second-order valence-electron chi connectivity index (χ2n) is 10.6. The average Bonchev–Trinajstić information content (AvgIpc) is 3.29. The zero-order valence-electron chi connectivity index (χ0n) is 41.2. The van der Waals surface area contributed by atoms with Gasteiger partial charge in [0.2, 0.25) is 0 Å². The Morgan fingerprint density at radius 3 is 0.919 bits per heavy atom. The predicted octanol–water partition coefficient (Wildman–Crippen LogP) is 18.5. The van der Waals surface area contributed by atoms with Crippen molar-refractivity contribution in [1.29, 1.82) is 0 Å². The molecule has 30 heteroatoms. The SMILES string of the molecule is C.C.C.C.C=CCC.C=CCOCOCC=C.C=CCOCOCC=C.CC(S)COCOCCCS.CCSCOCOCC(C)S.CCSCOCOCCCS.OCO.[I][V]([I])[I].[I][V]([I])[I].[I][V][I].[V]. The largest absolute Gasteiger partial charge is 0 e. The first kappa shape index (κ1) is 120. The van der Waals surface area contributed by atoms with E-state index in [2.05, 4.69) is 264 Å². The quantitative estimate of drug-likeness (QED) is 0.0118. The van der Waals surface area contributed by atoms with Crippen LogP contribution in [-0.2, 0) is 85.2 Å². The molecule has 0 aliphatic carbocycles. The number of rotatable bonds is 35. The summed E-state index contributed by atoms with van der Waals surface area (Å²) in [5.41, 5.74) is 0. The van der Waals surface area contributed by atoms with Gasteiger partial charge in [-0.1, -0.05) is 94.7 Å². The molecule has 0 aliphatic heterocycles. The predicted molar refractivity (Wildman–Crippen MR) is 404 cm³/mol. The van der Waals surface area contributed by atoms with Crippen LogP contribution in [0.15, 0.2) is 63.3 Å². The van der Waals surface area contributed by atoms with Crippen molar-refractivity contribution in [2.45, 2.75) is 94.1 Å². The van der Waals surface area contributed by atoms with Crippen LogP contribution in [-0.4, -0.2) is 149 Å². The van der Waals surface area contributed by atoms with E-state index in [9.17, 15) is 0 Å². The minimum atomic E-state index is -0.750. The Morgan fingerprint density at radius 2 is 0.730 bits per heavy atom. The molecule has 0 bridgehead atoms. The molecule has 0 aromatic rings. The van der Waals surface area contributed by atoms with Gasteiger partial charge in [-0.05, 0) is 42.3 Å². The maximum absolute atomic E-state index is 7.12. The van der Waals surface area contributed by atoms with Gasteiger partial charge in [-0.25, -0.2) is 0 Å². The molecule has 0 rings (SSSR count). The Labute approximate surface area is 603 Å². The van der Waals surface area contributed by atoms with Crippen molar-refractivity contribution in [3.8, 4) is 0 Å². The minimum Gasteiger partial charge on any atom is 0 e.